The Kier molecular flexibility index (Phi) is 7.36. The van der Waals surface area contributed by atoms with Crippen molar-refractivity contribution in [1.82, 2.24) is 4.90 Å². The van der Waals surface area contributed by atoms with Crippen LogP contribution in [0.5, 0.6) is 0 Å². The molecular weight excluding hydrogens is 578 g/mol. The van der Waals surface area contributed by atoms with Crippen molar-refractivity contribution in [2.24, 2.45) is 11.8 Å². The van der Waals surface area contributed by atoms with Gasteiger partial charge in [0.2, 0.25) is 11.8 Å². The number of amides is 3. The summed E-state index contributed by atoms with van der Waals surface area (Å²) in [5, 5.41) is 11.3. The predicted octanol–water partition coefficient (Wildman–Crippen LogP) is 4.03. The number of ether oxygens (including phenoxy) is 1. The van der Waals surface area contributed by atoms with Gasteiger partial charge in [0.1, 0.15) is 11.6 Å². The highest BCUT2D eigenvalue weighted by Crippen LogP contribution is 2.54. The third-order valence-corrected chi connectivity index (χ3v) is 9.47. The normalized spacial score (nSPS) is 28.4. The number of aliphatic hydroxyl groups is 1. The Balaban J connectivity index is 1.34. The Bertz CT molecular complexity index is 1630. The van der Waals surface area contributed by atoms with E-state index in [1.165, 1.54) is 4.90 Å². The zero-order valence-electron chi connectivity index (χ0n) is 23.9. The molecule has 0 aromatic heterocycles. The largest absolute Gasteiger partial charge is 0.394 e. The molecule has 4 aliphatic rings. The number of fused-ring (bicyclic) bond motifs is 2. The van der Waals surface area contributed by atoms with Crippen LogP contribution in [0.2, 0.25) is 5.02 Å². The number of rotatable bonds is 6. The zero-order chi connectivity index (χ0) is 30.4. The van der Waals surface area contributed by atoms with Gasteiger partial charge in [0, 0.05) is 29.5 Å². The second kappa shape index (κ2) is 11.4. The molecule has 2 saturated heterocycles. The van der Waals surface area contributed by atoms with Gasteiger partial charge in [0.15, 0.2) is 0 Å². The van der Waals surface area contributed by atoms with Gasteiger partial charge in [-0.05, 0) is 48.4 Å². The first-order valence-electron chi connectivity index (χ1n) is 14.9. The Morgan fingerprint density at radius 3 is 2.16 bits per heavy atom. The van der Waals surface area contributed by atoms with Crippen LogP contribution in [0.25, 0.3) is 0 Å². The topological polar surface area (TPSA) is 90.4 Å². The molecule has 3 aromatic carbocycles. The monoisotopic (exact) mass is 609 g/mol. The van der Waals surface area contributed by atoms with Crippen LogP contribution < -0.4 is 9.80 Å². The lowest BCUT2D eigenvalue weighted by atomic mass is 9.77. The van der Waals surface area contributed by atoms with Crippen LogP contribution in [0.3, 0.4) is 0 Å². The number of benzene rings is 3. The van der Waals surface area contributed by atoms with Crippen molar-refractivity contribution in [3.63, 3.8) is 0 Å². The molecular formula is C35H32ClN3O5. The number of carbonyl (C=O) groups excluding carboxylic acids is 3. The summed E-state index contributed by atoms with van der Waals surface area (Å²) < 4.78 is 6.78. The molecule has 6 atom stereocenters. The highest BCUT2D eigenvalue weighted by molar-refractivity contribution is 6.30. The van der Waals surface area contributed by atoms with Crippen molar-refractivity contribution in [2.45, 2.75) is 30.2 Å². The number of aliphatic hydroxyl groups excluding tert-OH is 1. The standard InChI is InChI=1S/C35H32ClN3O5/c36-24-14-16-26(17-15-24)38-20-8-18-35-30(29-28(44-35)13-7-19-37(32(29)41)25-11-5-2-6-12-25)33(42)39(31(35)34(38)43)27(22-40)21-23-9-3-1-4-10-23/h1-18,27-31,40H,19-22H2/t27-,28+,29-,30+,31?,35+/m1/s1. The molecule has 3 aromatic rings. The van der Waals surface area contributed by atoms with E-state index >= 15 is 0 Å². The minimum absolute atomic E-state index is 0.231. The first kappa shape index (κ1) is 28.5. The van der Waals surface area contributed by atoms with E-state index in [4.69, 9.17) is 16.3 Å². The summed E-state index contributed by atoms with van der Waals surface area (Å²) in [5.41, 5.74) is 0.855. The molecule has 4 aliphatic heterocycles. The van der Waals surface area contributed by atoms with Crippen molar-refractivity contribution >= 4 is 40.7 Å². The summed E-state index contributed by atoms with van der Waals surface area (Å²) in [5.74, 6) is -2.76. The summed E-state index contributed by atoms with van der Waals surface area (Å²) >= 11 is 6.15. The van der Waals surface area contributed by atoms with Crippen molar-refractivity contribution in [3.05, 3.63) is 120 Å². The highest BCUT2D eigenvalue weighted by atomic mass is 35.5. The Labute approximate surface area is 260 Å². The van der Waals surface area contributed by atoms with Crippen LogP contribution in [-0.4, -0.2) is 71.2 Å². The lowest BCUT2D eigenvalue weighted by molar-refractivity contribution is -0.144. The molecule has 44 heavy (non-hydrogen) atoms. The maximum atomic E-state index is 14.8. The van der Waals surface area contributed by atoms with Crippen molar-refractivity contribution in [3.8, 4) is 0 Å². The molecule has 224 valence electrons. The average Bonchev–Trinajstić information content (AvgIpc) is 3.36. The first-order chi connectivity index (χ1) is 21.4. The third kappa shape index (κ3) is 4.56. The zero-order valence-corrected chi connectivity index (χ0v) is 24.7. The van der Waals surface area contributed by atoms with Gasteiger partial charge in [-0.15, -0.1) is 0 Å². The van der Waals surface area contributed by atoms with E-state index in [2.05, 4.69) is 0 Å². The quantitative estimate of drug-likeness (QED) is 0.426. The van der Waals surface area contributed by atoms with Crippen LogP contribution in [0.1, 0.15) is 5.56 Å². The van der Waals surface area contributed by atoms with Crippen LogP contribution in [0.15, 0.2) is 109 Å². The van der Waals surface area contributed by atoms with Crippen LogP contribution in [-0.2, 0) is 25.5 Å². The number of anilines is 2. The van der Waals surface area contributed by atoms with E-state index in [0.29, 0.717) is 23.7 Å². The maximum Gasteiger partial charge on any atom is 0.253 e. The molecule has 9 heteroatoms. The van der Waals surface area contributed by atoms with Gasteiger partial charge in [0.05, 0.1) is 30.6 Å². The fraction of sp³-hybridized carbons (Fsp3) is 0.286. The van der Waals surface area contributed by atoms with Crippen molar-refractivity contribution in [2.75, 3.05) is 29.5 Å². The van der Waals surface area contributed by atoms with Gasteiger partial charge in [-0.1, -0.05) is 84.4 Å². The molecule has 4 heterocycles. The molecule has 3 amide bonds. The second-order valence-corrected chi connectivity index (χ2v) is 12.1. The third-order valence-electron chi connectivity index (χ3n) is 9.22. The van der Waals surface area contributed by atoms with Gasteiger partial charge in [-0.2, -0.15) is 0 Å². The Hall–Kier alpha value is -4.24. The molecule has 8 nitrogen and oxygen atoms in total. The summed E-state index contributed by atoms with van der Waals surface area (Å²) in [6.45, 7) is 0.219. The molecule has 1 N–H and O–H groups in total. The summed E-state index contributed by atoms with van der Waals surface area (Å²) in [4.78, 5) is 48.6. The van der Waals surface area contributed by atoms with Gasteiger partial charge >= 0.3 is 0 Å². The van der Waals surface area contributed by atoms with E-state index < -0.39 is 35.6 Å². The first-order valence-corrected chi connectivity index (χ1v) is 15.2. The molecule has 1 unspecified atom stereocenters. The van der Waals surface area contributed by atoms with Gasteiger partial charge < -0.3 is 24.5 Å². The van der Waals surface area contributed by atoms with E-state index in [9.17, 15) is 19.5 Å². The molecule has 0 aliphatic carbocycles. The minimum Gasteiger partial charge on any atom is -0.394 e. The van der Waals surface area contributed by atoms with Crippen LogP contribution in [0.4, 0.5) is 11.4 Å². The molecule has 1 spiro atoms. The lowest BCUT2D eigenvalue weighted by Crippen LogP contribution is -2.58. The fourth-order valence-electron chi connectivity index (χ4n) is 7.30. The minimum atomic E-state index is -1.41. The van der Waals surface area contributed by atoms with E-state index in [1.807, 2.05) is 85.0 Å². The molecule has 7 rings (SSSR count). The number of hydrogen-bond acceptors (Lipinski definition) is 5. The van der Waals surface area contributed by atoms with Gasteiger partial charge in [-0.3, -0.25) is 14.4 Å². The average molecular weight is 610 g/mol. The number of hydrogen-bond donors (Lipinski definition) is 1. The Morgan fingerprint density at radius 2 is 1.45 bits per heavy atom. The highest BCUT2D eigenvalue weighted by Gasteiger charge is 2.72. The molecule has 0 radical (unpaired) electrons. The molecule has 0 bridgehead atoms. The fourth-order valence-corrected chi connectivity index (χ4v) is 7.43. The summed E-state index contributed by atoms with van der Waals surface area (Å²) in [6, 6.07) is 24.0. The predicted molar refractivity (Wildman–Crippen MR) is 167 cm³/mol. The van der Waals surface area contributed by atoms with Crippen molar-refractivity contribution in [1.29, 1.82) is 0 Å². The summed E-state index contributed by atoms with van der Waals surface area (Å²) in [7, 11) is 0. The van der Waals surface area contributed by atoms with Gasteiger partial charge in [-0.25, -0.2) is 0 Å². The molecule has 0 saturated carbocycles. The maximum absolute atomic E-state index is 14.8. The number of para-hydroxylation sites is 1. The SMILES string of the molecule is O=C1C2N([C@@H](CO)Cc3ccccc3)C(=O)[C@@H]3[C@@H]4C(=O)N(c5ccccc5)CC=C[C@@H]4O[C@]23C=CCN1c1ccc(Cl)cc1. The van der Waals surface area contributed by atoms with Crippen LogP contribution in [0, 0.1) is 11.8 Å². The van der Waals surface area contributed by atoms with Crippen LogP contribution >= 0.6 is 11.6 Å². The van der Waals surface area contributed by atoms with Gasteiger partial charge in [0.25, 0.3) is 5.91 Å². The number of carbonyl (C=O) groups is 3. The number of nitrogens with zero attached hydrogens (tertiary/aromatic N) is 3. The second-order valence-electron chi connectivity index (χ2n) is 11.7. The Morgan fingerprint density at radius 1 is 0.818 bits per heavy atom. The van der Waals surface area contributed by atoms with E-state index in [1.54, 1.807) is 34.1 Å². The lowest BCUT2D eigenvalue weighted by Gasteiger charge is -2.38. The van der Waals surface area contributed by atoms with Crippen molar-refractivity contribution < 1.29 is 24.2 Å². The summed E-state index contributed by atoms with van der Waals surface area (Å²) in [6.07, 6.45) is 7.03. The van der Waals surface area contributed by atoms with E-state index in [0.717, 1.165) is 11.3 Å². The van der Waals surface area contributed by atoms with E-state index in [-0.39, 0.29) is 30.9 Å². The number of likely N-dealkylation sites (tertiary alicyclic amines) is 1. The smallest absolute Gasteiger partial charge is 0.253 e. The number of halogens is 1. The molecule has 2 fully saturated rings.